The van der Waals surface area contributed by atoms with Gasteiger partial charge < -0.3 is 19.5 Å². The van der Waals surface area contributed by atoms with Crippen molar-refractivity contribution in [2.45, 2.75) is 13.8 Å². The minimum Gasteiger partial charge on any atom is -0.477 e. The molecule has 166 valence electrons. The third kappa shape index (κ3) is 5.50. The van der Waals surface area contributed by atoms with Crippen molar-refractivity contribution in [2.24, 2.45) is 0 Å². The number of esters is 2. The van der Waals surface area contributed by atoms with E-state index in [-0.39, 0.29) is 23.6 Å². The van der Waals surface area contributed by atoms with Crippen LogP contribution in [-0.4, -0.2) is 42.7 Å². The number of aromatic nitrogens is 1. The molecule has 0 atom stereocenters. The van der Waals surface area contributed by atoms with Crippen LogP contribution in [0, 0.1) is 0 Å². The first kappa shape index (κ1) is 23.0. The summed E-state index contributed by atoms with van der Waals surface area (Å²) in [6.45, 7) is 3.46. The van der Waals surface area contributed by atoms with Gasteiger partial charge in [-0.05, 0) is 31.5 Å². The molecule has 0 unspecified atom stereocenters. The van der Waals surface area contributed by atoms with E-state index in [1.165, 1.54) is 23.6 Å². The summed E-state index contributed by atoms with van der Waals surface area (Å²) in [5.41, 5.74) is 1.85. The molecule has 0 spiro atoms. The molecule has 0 aliphatic rings. The Morgan fingerprint density at radius 3 is 2.47 bits per heavy atom. The number of ether oxygens (including phenoxy) is 3. The molecule has 0 aliphatic carbocycles. The molecule has 8 nitrogen and oxygen atoms in total. The maximum absolute atomic E-state index is 12.6. The number of nitrogens with zero attached hydrogens (tertiary/aromatic N) is 1. The number of amides is 1. The third-order valence-corrected chi connectivity index (χ3v) is 5.11. The van der Waals surface area contributed by atoms with Crippen LogP contribution in [0.2, 0.25) is 0 Å². The minimum absolute atomic E-state index is 0.122. The van der Waals surface area contributed by atoms with Crippen LogP contribution in [0.1, 0.15) is 34.6 Å². The van der Waals surface area contributed by atoms with Gasteiger partial charge in [0, 0.05) is 17.1 Å². The van der Waals surface area contributed by atoms with Crippen LogP contribution in [0.3, 0.4) is 0 Å². The molecule has 0 bridgehead atoms. The molecular weight excluding hydrogens is 432 g/mol. The van der Waals surface area contributed by atoms with E-state index in [2.05, 4.69) is 10.3 Å². The number of nitrogens with one attached hydrogen (secondary N) is 1. The van der Waals surface area contributed by atoms with Gasteiger partial charge >= 0.3 is 11.9 Å². The number of hydrogen-bond acceptors (Lipinski definition) is 8. The predicted molar refractivity (Wildman–Crippen MR) is 120 cm³/mol. The van der Waals surface area contributed by atoms with Gasteiger partial charge in [0.25, 0.3) is 5.91 Å². The lowest BCUT2D eigenvalue weighted by Crippen LogP contribution is -2.22. The van der Waals surface area contributed by atoms with Gasteiger partial charge in [-0.2, -0.15) is 0 Å². The normalized spacial score (nSPS) is 10.3. The van der Waals surface area contributed by atoms with E-state index >= 15 is 0 Å². The van der Waals surface area contributed by atoms with Crippen molar-refractivity contribution >= 4 is 34.2 Å². The summed E-state index contributed by atoms with van der Waals surface area (Å²) in [4.78, 5) is 41.4. The Morgan fingerprint density at radius 1 is 0.969 bits per heavy atom. The summed E-state index contributed by atoms with van der Waals surface area (Å²) in [7, 11) is 0. The molecule has 9 heteroatoms. The summed E-state index contributed by atoms with van der Waals surface area (Å²) in [5, 5.41) is 4.73. The standard InChI is InChI=1S/C23H22N2O6S/c1-3-29-20-16(11-8-12-24-20)22(27)31-13-18(26)25-21-19(23(28)30-4-2)17(14-32-21)15-9-6-5-7-10-15/h5-12,14H,3-4,13H2,1-2H3,(H,25,26). The van der Waals surface area contributed by atoms with Crippen LogP contribution >= 0.6 is 11.3 Å². The first-order valence-electron chi connectivity index (χ1n) is 9.93. The summed E-state index contributed by atoms with van der Waals surface area (Å²) >= 11 is 1.19. The Kier molecular flexibility index (Phi) is 7.93. The second-order valence-corrected chi connectivity index (χ2v) is 7.23. The molecule has 32 heavy (non-hydrogen) atoms. The van der Waals surface area contributed by atoms with E-state index in [0.29, 0.717) is 17.2 Å². The lowest BCUT2D eigenvalue weighted by molar-refractivity contribution is -0.119. The minimum atomic E-state index is -0.738. The molecule has 1 amide bonds. The zero-order valence-corrected chi connectivity index (χ0v) is 18.4. The Hall–Kier alpha value is -3.72. The number of anilines is 1. The van der Waals surface area contributed by atoms with E-state index in [0.717, 1.165) is 5.56 Å². The van der Waals surface area contributed by atoms with Crippen molar-refractivity contribution in [3.8, 4) is 17.0 Å². The van der Waals surface area contributed by atoms with Crippen molar-refractivity contribution in [1.82, 2.24) is 4.98 Å². The number of carbonyl (C=O) groups excluding carboxylic acids is 3. The highest BCUT2D eigenvalue weighted by Crippen LogP contribution is 2.36. The highest BCUT2D eigenvalue weighted by atomic mass is 32.1. The van der Waals surface area contributed by atoms with Gasteiger partial charge in [-0.3, -0.25) is 4.79 Å². The highest BCUT2D eigenvalue weighted by molar-refractivity contribution is 7.15. The van der Waals surface area contributed by atoms with Crippen LogP contribution < -0.4 is 10.1 Å². The maximum atomic E-state index is 12.6. The molecule has 0 saturated heterocycles. The smallest absolute Gasteiger partial charge is 0.344 e. The molecule has 0 radical (unpaired) electrons. The number of rotatable bonds is 9. The molecule has 3 rings (SSSR count). The van der Waals surface area contributed by atoms with Gasteiger partial charge in [-0.1, -0.05) is 30.3 Å². The molecule has 1 aromatic carbocycles. The first-order valence-corrected chi connectivity index (χ1v) is 10.8. The van der Waals surface area contributed by atoms with Crippen molar-refractivity contribution in [2.75, 3.05) is 25.1 Å². The second kappa shape index (κ2) is 11.1. The largest absolute Gasteiger partial charge is 0.477 e. The fourth-order valence-electron chi connectivity index (χ4n) is 2.86. The molecule has 3 aromatic rings. The average molecular weight is 455 g/mol. The van der Waals surface area contributed by atoms with Gasteiger partial charge in [0.15, 0.2) is 6.61 Å². The van der Waals surface area contributed by atoms with Gasteiger partial charge in [-0.15, -0.1) is 11.3 Å². The Balaban J connectivity index is 1.73. The fraction of sp³-hybridized carbons (Fsp3) is 0.217. The highest BCUT2D eigenvalue weighted by Gasteiger charge is 2.23. The maximum Gasteiger partial charge on any atom is 0.344 e. The molecule has 1 N–H and O–H groups in total. The Bertz CT molecular complexity index is 1100. The predicted octanol–water partition coefficient (Wildman–Crippen LogP) is 4.18. The van der Waals surface area contributed by atoms with Gasteiger partial charge in [0.1, 0.15) is 16.1 Å². The quantitative estimate of drug-likeness (QED) is 0.484. The summed E-state index contributed by atoms with van der Waals surface area (Å²) < 4.78 is 15.6. The SMILES string of the molecule is CCOC(=O)c1c(-c2ccccc2)csc1NC(=O)COC(=O)c1cccnc1OCC. The second-order valence-electron chi connectivity index (χ2n) is 6.35. The van der Waals surface area contributed by atoms with Gasteiger partial charge in [0.2, 0.25) is 5.88 Å². The number of pyridine rings is 1. The Morgan fingerprint density at radius 2 is 1.75 bits per heavy atom. The number of carbonyl (C=O) groups is 3. The zero-order valence-electron chi connectivity index (χ0n) is 17.6. The number of hydrogen-bond donors (Lipinski definition) is 1. The van der Waals surface area contributed by atoms with E-state index in [9.17, 15) is 14.4 Å². The van der Waals surface area contributed by atoms with Crippen molar-refractivity contribution in [3.63, 3.8) is 0 Å². The molecule has 2 aromatic heterocycles. The molecule has 0 saturated carbocycles. The monoisotopic (exact) mass is 454 g/mol. The zero-order chi connectivity index (χ0) is 22.9. The lowest BCUT2D eigenvalue weighted by Gasteiger charge is -2.10. The van der Waals surface area contributed by atoms with E-state index in [1.807, 2.05) is 30.3 Å². The molecule has 0 aliphatic heterocycles. The van der Waals surface area contributed by atoms with E-state index < -0.39 is 24.5 Å². The first-order chi connectivity index (χ1) is 15.5. The van der Waals surface area contributed by atoms with Crippen molar-refractivity contribution < 1.29 is 28.6 Å². The molecule has 2 heterocycles. The number of benzene rings is 1. The van der Waals surface area contributed by atoms with Crippen molar-refractivity contribution in [1.29, 1.82) is 0 Å². The van der Waals surface area contributed by atoms with Crippen LogP contribution in [0.25, 0.3) is 11.1 Å². The van der Waals surface area contributed by atoms with Crippen LogP contribution in [0.15, 0.2) is 54.0 Å². The van der Waals surface area contributed by atoms with Crippen molar-refractivity contribution in [3.05, 3.63) is 65.2 Å². The van der Waals surface area contributed by atoms with E-state index in [4.69, 9.17) is 14.2 Å². The van der Waals surface area contributed by atoms with Crippen LogP contribution in [-0.2, 0) is 14.3 Å². The topological polar surface area (TPSA) is 104 Å². The molecule has 0 fully saturated rings. The van der Waals surface area contributed by atoms with Gasteiger partial charge in [-0.25, -0.2) is 14.6 Å². The third-order valence-electron chi connectivity index (χ3n) is 4.21. The average Bonchev–Trinajstić information content (AvgIpc) is 3.22. The van der Waals surface area contributed by atoms with E-state index in [1.54, 1.807) is 25.3 Å². The van der Waals surface area contributed by atoms with Crippen LogP contribution in [0.4, 0.5) is 5.00 Å². The molecular formula is C23H22N2O6S. The van der Waals surface area contributed by atoms with Gasteiger partial charge in [0.05, 0.1) is 13.2 Å². The summed E-state index contributed by atoms with van der Waals surface area (Å²) in [5.74, 6) is -1.74. The summed E-state index contributed by atoms with van der Waals surface area (Å²) in [6.07, 6.45) is 1.49. The number of thiophene rings is 1. The summed E-state index contributed by atoms with van der Waals surface area (Å²) in [6, 6.07) is 12.4. The van der Waals surface area contributed by atoms with Crippen LogP contribution in [0.5, 0.6) is 5.88 Å². The lowest BCUT2D eigenvalue weighted by atomic mass is 10.0. The Labute approximate surface area is 189 Å². The fourth-order valence-corrected chi connectivity index (χ4v) is 3.83.